The van der Waals surface area contributed by atoms with Crippen LogP contribution in [0.5, 0.6) is 0 Å². The van der Waals surface area contributed by atoms with Crippen LogP contribution in [0.3, 0.4) is 0 Å². The molecule has 0 atom stereocenters. The Labute approximate surface area is 129 Å². The van der Waals surface area contributed by atoms with Gasteiger partial charge in [0.2, 0.25) is 5.91 Å². The van der Waals surface area contributed by atoms with E-state index in [0.29, 0.717) is 12.1 Å². The van der Waals surface area contributed by atoms with E-state index in [1.807, 2.05) is 11.9 Å². The highest BCUT2D eigenvalue weighted by Crippen LogP contribution is 2.20. The third-order valence-electron chi connectivity index (χ3n) is 5.16. The Hall–Kier alpha value is -0.610. The van der Waals surface area contributed by atoms with E-state index in [0.717, 1.165) is 39.1 Å². The van der Waals surface area contributed by atoms with Gasteiger partial charge >= 0.3 is 0 Å². The molecule has 0 bridgehead atoms. The van der Waals surface area contributed by atoms with Crippen LogP contribution in [0.4, 0.5) is 0 Å². The highest BCUT2D eigenvalue weighted by atomic mass is 16.5. The van der Waals surface area contributed by atoms with Crippen LogP contribution in [0.25, 0.3) is 0 Å². The third-order valence-corrected chi connectivity index (χ3v) is 5.16. The normalized spacial score (nSPS) is 23.0. The fourth-order valence-corrected chi connectivity index (χ4v) is 3.54. The molecule has 21 heavy (non-hydrogen) atoms. The van der Waals surface area contributed by atoms with Crippen molar-refractivity contribution in [2.24, 2.45) is 0 Å². The molecule has 1 saturated carbocycles. The molecule has 2 aliphatic rings. The molecule has 0 unspecified atom stereocenters. The first-order chi connectivity index (χ1) is 10.2. The summed E-state index contributed by atoms with van der Waals surface area (Å²) >= 11 is 0. The number of rotatable bonds is 5. The van der Waals surface area contributed by atoms with Crippen molar-refractivity contribution >= 4 is 5.91 Å². The first kappa shape index (κ1) is 16.8. The van der Waals surface area contributed by atoms with Gasteiger partial charge in [-0.25, -0.2) is 0 Å². The van der Waals surface area contributed by atoms with E-state index < -0.39 is 0 Å². The maximum Gasteiger partial charge on any atom is 0.219 e. The monoisotopic (exact) mass is 296 g/mol. The maximum atomic E-state index is 11.4. The minimum atomic E-state index is 0.185. The first-order valence-corrected chi connectivity index (χ1v) is 8.74. The SMILES string of the molecule is CC(=O)N(C)C1CCN(CCOC2CCCCCC2)CC1. The molecule has 0 N–H and O–H groups in total. The summed E-state index contributed by atoms with van der Waals surface area (Å²) in [6.07, 6.45) is 10.7. The number of likely N-dealkylation sites (tertiary alicyclic amines) is 1. The van der Waals surface area contributed by atoms with Crippen molar-refractivity contribution in [3.8, 4) is 0 Å². The molecule has 1 aliphatic heterocycles. The highest BCUT2D eigenvalue weighted by Gasteiger charge is 2.23. The third kappa shape index (κ3) is 5.59. The van der Waals surface area contributed by atoms with Crippen LogP contribution in [0, 0.1) is 0 Å². The lowest BCUT2D eigenvalue weighted by Crippen LogP contribution is -2.45. The van der Waals surface area contributed by atoms with Crippen molar-refractivity contribution in [1.82, 2.24) is 9.80 Å². The molecule has 0 spiro atoms. The summed E-state index contributed by atoms with van der Waals surface area (Å²) in [5, 5.41) is 0. The van der Waals surface area contributed by atoms with Crippen LogP contribution < -0.4 is 0 Å². The molecule has 0 aromatic carbocycles. The minimum Gasteiger partial charge on any atom is -0.377 e. The van der Waals surface area contributed by atoms with E-state index in [-0.39, 0.29) is 5.91 Å². The lowest BCUT2D eigenvalue weighted by atomic mass is 10.0. The van der Waals surface area contributed by atoms with Gasteiger partial charge in [0.15, 0.2) is 0 Å². The van der Waals surface area contributed by atoms with Crippen LogP contribution in [0.1, 0.15) is 58.3 Å². The second kappa shape index (κ2) is 8.74. The van der Waals surface area contributed by atoms with E-state index in [4.69, 9.17) is 4.74 Å². The van der Waals surface area contributed by atoms with Crippen molar-refractivity contribution in [3.05, 3.63) is 0 Å². The van der Waals surface area contributed by atoms with E-state index in [1.54, 1.807) is 6.92 Å². The molecule has 2 rings (SSSR count). The Morgan fingerprint density at radius 2 is 1.71 bits per heavy atom. The smallest absolute Gasteiger partial charge is 0.219 e. The lowest BCUT2D eigenvalue weighted by Gasteiger charge is -2.36. The number of hydrogen-bond acceptors (Lipinski definition) is 3. The standard InChI is InChI=1S/C17H32N2O2/c1-15(20)18(2)16-9-11-19(12-10-16)13-14-21-17-7-5-3-4-6-8-17/h16-17H,3-14H2,1-2H3. The zero-order valence-electron chi connectivity index (χ0n) is 13.9. The highest BCUT2D eigenvalue weighted by molar-refractivity contribution is 5.73. The van der Waals surface area contributed by atoms with Gasteiger partial charge in [-0.2, -0.15) is 0 Å². The Bertz CT molecular complexity index is 306. The fraction of sp³-hybridized carbons (Fsp3) is 0.941. The molecule has 1 heterocycles. The predicted molar refractivity (Wildman–Crippen MR) is 85.3 cm³/mol. The molecular weight excluding hydrogens is 264 g/mol. The van der Waals surface area contributed by atoms with Gasteiger partial charge in [0.05, 0.1) is 12.7 Å². The second-order valence-corrected chi connectivity index (χ2v) is 6.69. The van der Waals surface area contributed by atoms with Crippen molar-refractivity contribution in [1.29, 1.82) is 0 Å². The van der Waals surface area contributed by atoms with Gasteiger partial charge in [-0.15, -0.1) is 0 Å². The predicted octanol–water partition coefficient (Wildman–Crippen LogP) is 2.67. The van der Waals surface area contributed by atoms with Crippen LogP contribution in [-0.2, 0) is 9.53 Å². The molecular formula is C17H32N2O2. The number of nitrogens with zero attached hydrogens (tertiary/aromatic N) is 2. The van der Waals surface area contributed by atoms with Gasteiger partial charge in [0, 0.05) is 39.6 Å². The zero-order chi connectivity index (χ0) is 15.1. The summed E-state index contributed by atoms with van der Waals surface area (Å²) in [4.78, 5) is 15.8. The average Bonchev–Trinajstić information content (AvgIpc) is 2.76. The summed E-state index contributed by atoms with van der Waals surface area (Å²) < 4.78 is 6.07. The number of piperidine rings is 1. The Kier molecular flexibility index (Phi) is 6.97. The van der Waals surface area contributed by atoms with E-state index in [1.165, 1.54) is 38.5 Å². The van der Waals surface area contributed by atoms with Gasteiger partial charge in [-0.1, -0.05) is 25.7 Å². The largest absolute Gasteiger partial charge is 0.377 e. The molecule has 2 fully saturated rings. The summed E-state index contributed by atoms with van der Waals surface area (Å²) in [5.74, 6) is 0.185. The quantitative estimate of drug-likeness (QED) is 0.731. The zero-order valence-corrected chi connectivity index (χ0v) is 13.9. The van der Waals surface area contributed by atoms with Gasteiger partial charge in [-0.3, -0.25) is 4.79 Å². The van der Waals surface area contributed by atoms with Crippen molar-refractivity contribution in [2.75, 3.05) is 33.3 Å². The fourth-order valence-electron chi connectivity index (χ4n) is 3.54. The molecule has 1 saturated heterocycles. The molecule has 1 aliphatic carbocycles. The van der Waals surface area contributed by atoms with E-state index in [9.17, 15) is 4.79 Å². The topological polar surface area (TPSA) is 32.8 Å². The molecule has 0 aromatic rings. The van der Waals surface area contributed by atoms with Crippen LogP contribution in [-0.4, -0.2) is 61.1 Å². The number of hydrogen-bond donors (Lipinski definition) is 0. The summed E-state index contributed by atoms with van der Waals surface area (Å²) in [6, 6.07) is 0.432. The maximum absolute atomic E-state index is 11.4. The Morgan fingerprint density at radius 1 is 1.10 bits per heavy atom. The van der Waals surface area contributed by atoms with Gasteiger partial charge in [0.25, 0.3) is 0 Å². The Morgan fingerprint density at radius 3 is 2.29 bits per heavy atom. The molecule has 4 nitrogen and oxygen atoms in total. The van der Waals surface area contributed by atoms with Crippen molar-refractivity contribution in [3.63, 3.8) is 0 Å². The first-order valence-electron chi connectivity index (χ1n) is 8.74. The number of carbonyl (C=O) groups excluding carboxylic acids is 1. The summed E-state index contributed by atoms with van der Waals surface area (Å²) in [7, 11) is 1.93. The van der Waals surface area contributed by atoms with Crippen LogP contribution >= 0.6 is 0 Å². The average molecular weight is 296 g/mol. The van der Waals surface area contributed by atoms with Gasteiger partial charge in [-0.05, 0) is 25.7 Å². The van der Waals surface area contributed by atoms with Gasteiger partial charge in [0.1, 0.15) is 0 Å². The molecule has 1 amide bonds. The second-order valence-electron chi connectivity index (χ2n) is 6.69. The molecule has 122 valence electrons. The molecule has 0 aromatic heterocycles. The number of amides is 1. The van der Waals surface area contributed by atoms with Crippen LogP contribution in [0.15, 0.2) is 0 Å². The van der Waals surface area contributed by atoms with Crippen molar-refractivity contribution in [2.45, 2.75) is 70.4 Å². The summed E-state index contributed by atoms with van der Waals surface area (Å²) in [5.41, 5.74) is 0. The summed E-state index contributed by atoms with van der Waals surface area (Å²) in [6.45, 7) is 5.77. The molecule has 0 radical (unpaired) electrons. The minimum absolute atomic E-state index is 0.185. The van der Waals surface area contributed by atoms with Gasteiger partial charge < -0.3 is 14.5 Å². The van der Waals surface area contributed by atoms with Crippen LogP contribution in [0.2, 0.25) is 0 Å². The van der Waals surface area contributed by atoms with Crippen molar-refractivity contribution < 1.29 is 9.53 Å². The Balaban J connectivity index is 1.59. The van der Waals surface area contributed by atoms with E-state index in [2.05, 4.69) is 4.90 Å². The number of carbonyl (C=O) groups is 1. The van der Waals surface area contributed by atoms with E-state index >= 15 is 0 Å². The number of ether oxygens (including phenoxy) is 1. The molecule has 4 heteroatoms. The lowest BCUT2D eigenvalue weighted by molar-refractivity contribution is -0.130.